The summed E-state index contributed by atoms with van der Waals surface area (Å²) in [6.07, 6.45) is 1.22. The van der Waals surface area contributed by atoms with Crippen LogP contribution in [0.4, 0.5) is 10.2 Å². The quantitative estimate of drug-likeness (QED) is 0.754. The normalized spacial score (nSPS) is 16.1. The summed E-state index contributed by atoms with van der Waals surface area (Å²) in [5.74, 6) is 0.0687. The number of nitrogens with zero attached hydrogens (tertiary/aromatic N) is 3. The van der Waals surface area contributed by atoms with Crippen molar-refractivity contribution in [3.05, 3.63) is 70.9 Å². The van der Waals surface area contributed by atoms with Gasteiger partial charge in [0.1, 0.15) is 17.8 Å². The van der Waals surface area contributed by atoms with E-state index in [4.69, 9.17) is 0 Å². The minimum Gasteiger partial charge on any atom is -0.345 e. The van der Waals surface area contributed by atoms with E-state index in [1.165, 1.54) is 12.1 Å². The van der Waals surface area contributed by atoms with Crippen molar-refractivity contribution in [2.45, 2.75) is 20.0 Å². The number of anilines is 1. The summed E-state index contributed by atoms with van der Waals surface area (Å²) in [4.78, 5) is 16.6. The Morgan fingerprint density at radius 3 is 2.64 bits per heavy atom. The van der Waals surface area contributed by atoms with Crippen LogP contribution in [0.15, 0.2) is 42.6 Å². The molecule has 1 aliphatic heterocycles. The van der Waals surface area contributed by atoms with E-state index in [-0.39, 0.29) is 11.7 Å². The minimum atomic E-state index is -0.427. The fourth-order valence-electron chi connectivity index (χ4n) is 3.14. The van der Waals surface area contributed by atoms with E-state index < -0.39 is 6.17 Å². The van der Waals surface area contributed by atoms with Gasteiger partial charge in [-0.3, -0.25) is 4.79 Å². The molecule has 1 unspecified atom stereocenters. The number of aromatic nitrogens is 3. The molecule has 3 aromatic rings. The zero-order chi connectivity index (χ0) is 17.6. The Morgan fingerprint density at radius 2 is 1.88 bits per heavy atom. The van der Waals surface area contributed by atoms with Gasteiger partial charge in [-0.15, -0.1) is 0 Å². The van der Waals surface area contributed by atoms with Gasteiger partial charge in [-0.05, 0) is 50.2 Å². The van der Waals surface area contributed by atoms with Crippen molar-refractivity contribution < 1.29 is 9.18 Å². The number of aryl methyl sites for hydroxylation is 1. The molecular weight excluding hydrogens is 321 g/mol. The first kappa shape index (κ1) is 15.3. The molecule has 1 aliphatic rings. The Hall–Kier alpha value is -3.22. The number of hydrogen-bond donors (Lipinski definition) is 2. The molecule has 4 rings (SSSR count). The topological polar surface area (TPSA) is 71.8 Å². The SMILES string of the molecule is Cc1nn(-c2ccc(F)cc2)c(C)c1C1NC(=O)c2cccnc2N1. The van der Waals surface area contributed by atoms with E-state index in [0.717, 1.165) is 22.6 Å². The lowest BCUT2D eigenvalue weighted by atomic mass is 10.1. The van der Waals surface area contributed by atoms with Crippen LogP contribution in [-0.2, 0) is 0 Å². The van der Waals surface area contributed by atoms with Crippen molar-refractivity contribution in [1.29, 1.82) is 0 Å². The molecule has 1 atom stereocenters. The molecule has 0 radical (unpaired) electrons. The maximum absolute atomic E-state index is 13.2. The van der Waals surface area contributed by atoms with Crippen molar-refractivity contribution in [3.63, 3.8) is 0 Å². The second kappa shape index (κ2) is 5.70. The van der Waals surface area contributed by atoms with Crippen LogP contribution in [0, 0.1) is 19.7 Å². The fourth-order valence-corrected chi connectivity index (χ4v) is 3.14. The summed E-state index contributed by atoms with van der Waals surface area (Å²) in [5.41, 5.74) is 3.78. The van der Waals surface area contributed by atoms with E-state index in [0.29, 0.717) is 11.4 Å². The monoisotopic (exact) mass is 337 g/mol. The fraction of sp³-hybridized carbons (Fsp3) is 0.167. The molecule has 0 fully saturated rings. The predicted octanol–water partition coefficient (Wildman–Crippen LogP) is 2.88. The summed E-state index contributed by atoms with van der Waals surface area (Å²) in [6.45, 7) is 3.80. The molecule has 25 heavy (non-hydrogen) atoms. The van der Waals surface area contributed by atoms with Crippen LogP contribution in [0.2, 0.25) is 0 Å². The van der Waals surface area contributed by atoms with Gasteiger partial charge in [0.25, 0.3) is 5.91 Å². The third-order valence-corrected chi connectivity index (χ3v) is 4.32. The molecule has 0 spiro atoms. The Balaban J connectivity index is 1.75. The van der Waals surface area contributed by atoms with Crippen LogP contribution < -0.4 is 10.6 Å². The highest BCUT2D eigenvalue weighted by molar-refractivity contribution is 6.00. The average Bonchev–Trinajstić information content (AvgIpc) is 2.90. The first-order chi connectivity index (χ1) is 12.0. The molecule has 1 aromatic carbocycles. The van der Waals surface area contributed by atoms with Crippen LogP contribution in [0.25, 0.3) is 5.69 Å². The van der Waals surface area contributed by atoms with E-state index in [1.807, 2.05) is 13.8 Å². The smallest absolute Gasteiger partial charge is 0.256 e. The molecule has 6 nitrogen and oxygen atoms in total. The van der Waals surface area contributed by atoms with Crippen LogP contribution in [0.5, 0.6) is 0 Å². The van der Waals surface area contributed by atoms with E-state index in [1.54, 1.807) is 35.1 Å². The Kier molecular flexibility index (Phi) is 3.49. The molecule has 1 amide bonds. The highest BCUT2D eigenvalue weighted by atomic mass is 19.1. The first-order valence-corrected chi connectivity index (χ1v) is 7.89. The van der Waals surface area contributed by atoms with E-state index >= 15 is 0 Å². The average molecular weight is 337 g/mol. The molecule has 0 saturated carbocycles. The number of benzene rings is 1. The zero-order valence-electron chi connectivity index (χ0n) is 13.7. The van der Waals surface area contributed by atoms with Gasteiger partial charge in [0.15, 0.2) is 0 Å². The van der Waals surface area contributed by atoms with Crippen LogP contribution >= 0.6 is 0 Å². The maximum Gasteiger partial charge on any atom is 0.256 e. The molecule has 2 N–H and O–H groups in total. The molecular formula is C18H16FN5O. The largest absolute Gasteiger partial charge is 0.345 e. The summed E-state index contributed by atoms with van der Waals surface area (Å²) >= 11 is 0. The number of carbonyl (C=O) groups is 1. The molecule has 0 saturated heterocycles. The van der Waals surface area contributed by atoms with Gasteiger partial charge in [-0.2, -0.15) is 5.10 Å². The molecule has 3 heterocycles. The second-order valence-electron chi connectivity index (χ2n) is 5.92. The molecule has 0 bridgehead atoms. The lowest BCUT2D eigenvalue weighted by molar-refractivity contribution is 0.0935. The van der Waals surface area contributed by atoms with Crippen molar-refractivity contribution in [1.82, 2.24) is 20.1 Å². The molecule has 126 valence electrons. The summed E-state index contributed by atoms with van der Waals surface area (Å²) < 4.78 is 14.9. The number of fused-ring (bicyclic) bond motifs is 1. The van der Waals surface area contributed by atoms with Crippen molar-refractivity contribution >= 4 is 11.7 Å². The molecule has 7 heteroatoms. The number of pyridine rings is 1. The first-order valence-electron chi connectivity index (χ1n) is 7.89. The molecule has 2 aromatic heterocycles. The molecule has 0 aliphatic carbocycles. The second-order valence-corrected chi connectivity index (χ2v) is 5.92. The van der Waals surface area contributed by atoms with E-state index in [9.17, 15) is 9.18 Å². The van der Waals surface area contributed by atoms with Gasteiger partial charge in [0.2, 0.25) is 0 Å². The highest BCUT2D eigenvalue weighted by Gasteiger charge is 2.29. The number of hydrogen-bond acceptors (Lipinski definition) is 4. The van der Waals surface area contributed by atoms with Crippen molar-refractivity contribution in [2.24, 2.45) is 0 Å². The number of nitrogens with one attached hydrogen (secondary N) is 2. The van der Waals surface area contributed by atoms with Crippen LogP contribution in [-0.4, -0.2) is 20.7 Å². The van der Waals surface area contributed by atoms with Gasteiger partial charge >= 0.3 is 0 Å². The Bertz CT molecular complexity index is 964. The Morgan fingerprint density at radius 1 is 1.12 bits per heavy atom. The lowest BCUT2D eigenvalue weighted by Crippen LogP contribution is -2.39. The number of halogens is 1. The zero-order valence-corrected chi connectivity index (χ0v) is 13.7. The third-order valence-electron chi connectivity index (χ3n) is 4.32. The predicted molar refractivity (Wildman–Crippen MR) is 91.1 cm³/mol. The number of amides is 1. The number of rotatable bonds is 2. The van der Waals surface area contributed by atoms with Gasteiger partial charge in [-0.25, -0.2) is 14.1 Å². The standard InChI is InChI=1S/C18H16FN5O/c1-10-15(11(2)24(23-10)13-7-5-12(19)6-8-13)17-21-16-14(18(25)22-17)4-3-9-20-16/h3-9,17H,1-2H3,(H,20,21)(H,22,25). The Labute approximate surface area is 143 Å². The van der Waals surface area contributed by atoms with Crippen molar-refractivity contribution in [3.8, 4) is 5.69 Å². The van der Waals surface area contributed by atoms with Gasteiger partial charge in [0.05, 0.1) is 16.9 Å². The highest BCUT2D eigenvalue weighted by Crippen LogP contribution is 2.29. The minimum absolute atomic E-state index is 0.180. The number of carbonyl (C=O) groups excluding carboxylic acids is 1. The van der Waals surface area contributed by atoms with Crippen molar-refractivity contribution in [2.75, 3.05) is 5.32 Å². The summed E-state index contributed by atoms with van der Waals surface area (Å²) in [7, 11) is 0. The van der Waals surface area contributed by atoms with Gasteiger partial charge < -0.3 is 10.6 Å². The summed E-state index contributed by atoms with van der Waals surface area (Å²) in [5, 5.41) is 10.7. The van der Waals surface area contributed by atoms with Gasteiger partial charge in [0, 0.05) is 17.5 Å². The van der Waals surface area contributed by atoms with Crippen LogP contribution in [0.1, 0.15) is 33.5 Å². The maximum atomic E-state index is 13.2. The van der Waals surface area contributed by atoms with Crippen LogP contribution in [0.3, 0.4) is 0 Å². The van der Waals surface area contributed by atoms with Gasteiger partial charge in [-0.1, -0.05) is 0 Å². The third kappa shape index (κ3) is 2.53. The summed E-state index contributed by atoms with van der Waals surface area (Å²) in [6, 6.07) is 9.58. The lowest BCUT2D eigenvalue weighted by Gasteiger charge is -2.27. The van der Waals surface area contributed by atoms with E-state index in [2.05, 4.69) is 20.7 Å².